The predicted octanol–water partition coefficient (Wildman–Crippen LogP) is 6.03. The molecule has 134 valence electrons. The Morgan fingerprint density at radius 1 is 1.00 bits per heavy atom. The van der Waals surface area contributed by atoms with Gasteiger partial charge in [0.05, 0.1) is 6.61 Å². The zero-order valence-corrected chi connectivity index (χ0v) is 15.0. The number of hydrogen-bond acceptors (Lipinski definition) is 2. The molecule has 0 amide bonds. The first-order valence-electron chi connectivity index (χ1n) is 9.20. The first-order valence-corrected chi connectivity index (χ1v) is 9.20. The first-order chi connectivity index (χ1) is 12.2. The average molecular weight is 340 g/mol. The molecule has 0 radical (unpaired) electrons. The van der Waals surface area contributed by atoms with Crippen LogP contribution in [0.2, 0.25) is 0 Å². The summed E-state index contributed by atoms with van der Waals surface area (Å²) in [6, 6.07) is 19.3. The molecule has 0 aliphatic heterocycles. The zero-order chi connectivity index (χ0) is 17.9. The summed E-state index contributed by atoms with van der Waals surface area (Å²) >= 11 is 0. The van der Waals surface area contributed by atoms with Gasteiger partial charge in [0.25, 0.3) is 0 Å². The highest BCUT2D eigenvalue weighted by molar-refractivity contribution is 5.56. The molecule has 2 rings (SSSR count). The second kappa shape index (κ2) is 10.5. The zero-order valence-electron chi connectivity index (χ0n) is 15.0. The number of rotatable bonds is 10. The molecule has 2 aromatic rings. The largest absolute Gasteiger partial charge is 0.505 e. The summed E-state index contributed by atoms with van der Waals surface area (Å²) in [5.74, 6) is 0.346. The van der Waals surface area contributed by atoms with Gasteiger partial charge in [0.15, 0.2) is 0 Å². The standard InChI is InChI=1S/C22H28O3/c1-2-3-11-18-14-7-8-15-20(18)21(19-12-5-4-6-13-19)16-9-10-17-25-22(23)24/h4-8,12-15,21H,2-3,9-11,16-17H2,1H3,(H,23,24). The number of hydrogen-bond donors (Lipinski definition) is 1. The van der Waals surface area contributed by atoms with Gasteiger partial charge < -0.3 is 9.84 Å². The molecule has 1 N–H and O–H groups in total. The molecule has 0 bridgehead atoms. The summed E-state index contributed by atoms with van der Waals surface area (Å²) in [7, 11) is 0. The third kappa shape index (κ3) is 6.26. The topological polar surface area (TPSA) is 46.5 Å². The summed E-state index contributed by atoms with van der Waals surface area (Å²) in [5.41, 5.74) is 4.16. The highest BCUT2D eigenvalue weighted by atomic mass is 16.7. The van der Waals surface area contributed by atoms with Crippen molar-refractivity contribution in [3.63, 3.8) is 0 Å². The Kier molecular flexibility index (Phi) is 8.03. The van der Waals surface area contributed by atoms with Gasteiger partial charge in [-0.2, -0.15) is 0 Å². The number of carboxylic acid groups (broad SMARTS) is 1. The average Bonchev–Trinajstić information content (AvgIpc) is 2.64. The predicted molar refractivity (Wildman–Crippen MR) is 101 cm³/mol. The van der Waals surface area contributed by atoms with Crippen LogP contribution in [-0.4, -0.2) is 17.9 Å². The molecule has 0 aromatic heterocycles. The van der Waals surface area contributed by atoms with Gasteiger partial charge in [0.1, 0.15) is 0 Å². The summed E-state index contributed by atoms with van der Waals surface area (Å²) in [4.78, 5) is 10.5. The minimum atomic E-state index is -1.19. The van der Waals surface area contributed by atoms with Gasteiger partial charge >= 0.3 is 6.16 Å². The van der Waals surface area contributed by atoms with Crippen LogP contribution in [0.5, 0.6) is 0 Å². The molecular weight excluding hydrogens is 312 g/mol. The Bertz CT molecular complexity index is 637. The number of benzene rings is 2. The van der Waals surface area contributed by atoms with Crippen LogP contribution in [0.3, 0.4) is 0 Å². The molecule has 0 spiro atoms. The Labute approximate surface area is 150 Å². The van der Waals surface area contributed by atoms with Gasteiger partial charge in [0, 0.05) is 5.92 Å². The van der Waals surface area contributed by atoms with Gasteiger partial charge in [-0.25, -0.2) is 4.79 Å². The van der Waals surface area contributed by atoms with E-state index in [0.717, 1.165) is 25.7 Å². The maximum Gasteiger partial charge on any atom is 0.505 e. The normalized spacial score (nSPS) is 11.9. The van der Waals surface area contributed by atoms with E-state index in [1.165, 1.54) is 29.5 Å². The lowest BCUT2D eigenvalue weighted by atomic mass is 9.83. The molecule has 0 aliphatic carbocycles. The highest BCUT2D eigenvalue weighted by Gasteiger charge is 2.17. The van der Waals surface area contributed by atoms with E-state index in [1.807, 2.05) is 6.07 Å². The summed E-state index contributed by atoms with van der Waals surface area (Å²) in [6.45, 7) is 2.49. The smallest absolute Gasteiger partial charge is 0.450 e. The second-order valence-electron chi connectivity index (χ2n) is 6.38. The van der Waals surface area contributed by atoms with Crippen LogP contribution >= 0.6 is 0 Å². The van der Waals surface area contributed by atoms with E-state index in [2.05, 4.69) is 60.2 Å². The van der Waals surface area contributed by atoms with Crippen LogP contribution in [0.4, 0.5) is 4.79 Å². The third-order valence-electron chi connectivity index (χ3n) is 4.54. The van der Waals surface area contributed by atoms with Gasteiger partial charge in [-0.15, -0.1) is 0 Å². The Hall–Kier alpha value is -2.29. The summed E-state index contributed by atoms with van der Waals surface area (Å²) < 4.78 is 4.63. The quantitative estimate of drug-likeness (QED) is 0.424. The van der Waals surface area contributed by atoms with Crippen molar-refractivity contribution in [1.82, 2.24) is 0 Å². The van der Waals surface area contributed by atoms with Crippen molar-refractivity contribution in [1.29, 1.82) is 0 Å². The first kappa shape index (κ1) is 19.0. The van der Waals surface area contributed by atoms with E-state index in [1.54, 1.807) is 0 Å². The lowest BCUT2D eigenvalue weighted by Gasteiger charge is -2.21. The van der Waals surface area contributed by atoms with Crippen LogP contribution in [0, 0.1) is 0 Å². The van der Waals surface area contributed by atoms with E-state index in [9.17, 15) is 4.79 Å². The van der Waals surface area contributed by atoms with Crippen LogP contribution in [0.25, 0.3) is 0 Å². The van der Waals surface area contributed by atoms with Gasteiger partial charge in [-0.05, 0) is 48.8 Å². The van der Waals surface area contributed by atoms with Crippen molar-refractivity contribution < 1.29 is 14.6 Å². The fourth-order valence-corrected chi connectivity index (χ4v) is 3.27. The molecule has 3 nitrogen and oxygen atoms in total. The van der Waals surface area contributed by atoms with Crippen molar-refractivity contribution in [3.8, 4) is 0 Å². The molecular formula is C22H28O3. The lowest BCUT2D eigenvalue weighted by Crippen LogP contribution is -2.07. The van der Waals surface area contributed by atoms with Crippen LogP contribution < -0.4 is 0 Å². The minimum absolute atomic E-state index is 0.272. The molecule has 1 atom stereocenters. The monoisotopic (exact) mass is 340 g/mol. The van der Waals surface area contributed by atoms with E-state index in [-0.39, 0.29) is 6.61 Å². The Balaban J connectivity index is 2.14. The van der Waals surface area contributed by atoms with Crippen LogP contribution in [0.15, 0.2) is 54.6 Å². The van der Waals surface area contributed by atoms with E-state index >= 15 is 0 Å². The SMILES string of the molecule is CCCCc1ccccc1C(CCCCOC(=O)O)c1ccccc1. The van der Waals surface area contributed by atoms with E-state index in [4.69, 9.17) is 5.11 Å². The fraction of sp³-hybridized carbons (Fsp3) is 0.409. The molecule has 0 saturated carbocycles. The Morgan fingerprint density at radius 2 is 1.72 bits per heavy atom. The molecule has 3 heteroatoms. The van der Waals surface area contributed by atoms with Gasteiger partial charge in [-0.1, -0.05) is 67.9 Å². The maximum absolute atomic E-state index is 10.5. The van der Waals surface area contributed by atoms with Gasteiger partial charge in [0.2, 0.25) is 0 Å². The van der Waals surface area contributed by atoms with Crippen molar-refractivity contribution in [2.75, 3.05) is 6.61 Å². The van der Waals surface area contributed by atoms with Crippen molar-refractivity contribution in [2.24, 2.45) is 0 Å². The molecule has 0 heterocycles. The highest BCUT2D eigenvalue weighted by Crippen LogP contribution is 2.32. The molecule has 0 saturated heterocycles. The number of unbranched alkanes of at least 4 members (excludes halogenated alkanes) is 2. The second-order valence-corrected chi connectivity index (χ2v) is 6.38. The maximum atomic E-state index is 10.5. The number of aryl methyl sites for hydroxylation is 1. The van der Waals surface area contributed by atoms with Crippen molar-refractivity contribution in [2.45, 2.75) is 51.4 Å². The summed E-state index contributed by atoms with van der Waals surface area (Å²) in [6.07, 6.45) is 5.00. The van der Waals surface area contributed by atoms with E-state index in [0.29, 0.717) is 5.92 Å². The van der Waals surface area contributed by atoms with Crippen molar-refractivity contribution in [3.05, 3.63) is 71.3 Å². The third-order valence-corrected chi connectivity index (χ3v) is 4.54. The molecule has 1 unspecified atom stereocenters. The van der Waals surface area contributed by atoms with Crippen molar-refractivity contribution >= 4 is 6.16 Å². The fourth-order valence-electron chi connectivity index (χ4n) is 3.27. The number of carbonyl (C=O) groups is 1. The number of ether oxygens (including phenoxy) is 1. The Morgan fingerprint density at radius 3 is 2.44 bits per heavy atom. The molecule has 2 aromatic carbocycles. The molecule has 0 aliphatic rings. The minimum Gasteiger partial charge on any atom is -0.450 e. The molecule has 0 fully saturated rings. The lowest BCUT2D eigenvalue weighted by molar-refractivity contribution is 0.0899. The van der Waals surface area contributed by atoms with E-state index < -0.39 is 6.16 Å². The van der Waals surface area contributed by atoms with Crippen LogP contribution in [-0.2, 0) is 11.2 Å². The summed E-state index contributed by atoms with van der Waals surface area (Å²) in [5, 5.41) is 8.57. The molecule has 25 heavy (non-hydrogen) atoms. The van der Waals surface area contributed by atoms with Gasteiger partial charge in [-0.3, -0.25) is 0 Å². The van der Waals surface area contributed by atoms with Crippen LogP contribution in [0.1, 0.15) is 61.6 Å².